The van der Waals surface area contributed by atoms with Gasteiger partial charge in [-0.1, -0.05) is 0 Å². The fourth-order valence-corrected chi connectivity index (χ4v) is 4.04. The van der Waals surface area contributed by atoms with E-state index in [9.17, 15) is 9.59 Å². The molecule has 7 heteroatoms. The average Bonchev–Trinajstić information content (AvgIpc) is 2.68. The molecular weight excluding hydrogens is 384 g/mol. The molecule has 1 aliphatic carbocycles. The van der Waals surface area contributed by atoms with Crippen LogP contribution in [-0.4, -0.2) is 50.5 Å². The van der Waals surface area contributed by atoms with Gasteiger partial charge in [0.05, 0.1) is 19.8 Å². The Balaban J connectivity index is 2.13. The van der Waals surface area contributed by atoms with Gasteiger partial charge in [0.15, 0.2) is 0 Å². The number of rotatable bonds is 6. The van der Waals surface area contributed by atoms with Gasteiger partial charge >= 0.3 is 12.1 Å². The fourth-order valence-electron chi connectivity index (χ4n) is 4.04. The maximum Gasteiger partial charge on any atom is 0.407 e. The topological polar surface area (TPSA) is 77.1 Å². The quantitative estimate of drug-likeness (QED) is 0.685. The number of hydrogen-bond acceptors (Lipinski definition) is 6. The van der Waals surface area contributed by atoms with Crippen molar-refractivity contribution in [3.05, 3.63) is 23.3 Å². The second kappa shape index (κ2) is 10.0. The van der Waals surface area contributed by atoms with Crippen molar-refractivity contribution in [1.29, 1.82) is 0 Å². The largest absolute Gasteiger partial charge is 0.497 e. The monoisotopic (exact) mass is 420 g/mol. The molecule has 7 nitrogen and oxygen atoms in total. The first-order valence-corrected chi connectivity index (χ1v) is 10.6. The lowest BCUT2D eigenvalue weighted by Gasteiger charge is -2.39. The number of methoxy groups -OCH3 is 2. The first-order valence-electron chi connectivity index (χ1n) is 10.6. The van der Waals surface area contributed by atoms with Crippen LogP contribution in [0.15, 0.2) is 12.1 Å². The van der Waals surface area contributed by atoms with Gasteiger partial charge in [0.25, 0.3) is 0 Å². The highest BCUT2D eigenvalue weighted by Gasteiger charge is 2.29. The van der Waals surface area contributed by atoms with E-state index in [1.165, 1.54) is 7.11 Å². The minimum absolute atomic E-state index is 0.117. The second-order valence-electron chi connectivity index (χ2n) is 8.75. The molecule has 1 saturated carbocycles. The minimum atomic E-state index is -0.498. The van der Waals surface area contributed by atoms with Gasteiger partial charge in [-0.05, 0) is 71.9 Å². The molecule has 1 N–H and O–H groups in total. The van der Waals surface area contributed by atoms with E-state index in [1.807, 2.05) is 33.8 Å². The normalized spacial score (nSPS) is 19.0. The Kier molecular flexibility index (Phi) is 7.98. The molecule has 1 aromatic carbocycles. The van der Waals surface area contributed by atoms with Crippen molar-refractivity contribution < 1.29 is 23.8 Å². The van der Waals surface area contributed by atoms with Gasteiger partial charge in [-0.15, -0.1) is 0 Å². The molecular formula is C23H36N2O5. The Hall–Kier alpha value is -2.44. The van der Waals surface area contributed by atoms with E-state index in [2.05, 4.69) is 17.1 Å². The number of ether oxygens (including phenoxy) is 3. The molecule has 30 heavy (non-hydrogen) atoms. The van der Waals surface area contributed by atoms with Crippen LogP contribution in [0.1, 0.15) is 69.3 Å². The Morgan fingerprint density at radius 2 is 1.77 bits per heavy atom. The van der Waals surface area contributed by atoms with Gasteiger partial charge in [-0.2, -0.15) is 0 Å². The van der Waals surface area contributed by atoms with Crippen LogP contribution in [0.25, 0.3) is 0 Å². The van der Waals surface area contributed by atoms with Crippen molar-refractivity contribution in [3.63, 3.8) is 0 Å². The number of hydrogen-bond donors (Lipinski definition) is 1. The molecule has 0 aromatic heterocycles. The zero-order chi connectivity index (χ0) is 22.5. The summed E-state index contributed by atoms with van der Waals surface area (Å²) in [5.74, 6) is 0.267. The lowest BCUT2D eigenvalue weighted by atomic mass is 9.89. The van der Waals surface area contributed by atoms with Crippen molar-refractivity contribution in [3.8, 4) is 5.75 Å². The van der Waals surface area contributed by atoms with Crippen molar-refractivity contribution >= 4 is 17.7 Å². The van der Waals surface area contributed by atoms with Crippen LogP contribution in [-0.2, 0) is 9.47 Å². The summed E-state index contributed by atoms with van der Waals surface area (Å²) in [6, 6.07) is 4.14. The Bertz CT molecular complexity index is 749. The standard InChI is InChI=1S/C23H36N2O5/c1-8-25(20-14-18(28-6)13-19(15(20)2)21(26)29-7)17-11-9-16(10-12-17)24-22(27)30-23(3,4)5/h13-14,16-17H,8-12H2,1-7H3,(H,24,27). The number of carbonyl (C=O) groups excluding carboxylic acids is 2. The summed E-state index contributed by atoms with van der Waals surface area (Å²) in [5, 5.41) is 2.99. The van der Waals surface area contributed by atoms with E-state index in [4.69, 9.17) is 14.2 Å². The smallest absolute Gasteiger partial charge is 0.407 e. The predicted molar refractivity (Wildman–Crippen MR) is 118 cm³/mol. The summed E-state index contributed by atoms with van der Waals surface area (Å²) < 4.78 is 15.8. The SMILES string of the molecule is CCN(c1cc(OC)cc(C(=O)OC)c1C)C1CCC(NC(=O)OC(C)(C)C)CC1. The Morgan fingerprint density at radius 3 is 2.27 bits per heavy atom. The fraction of sp³-hybridized carbons (Fsp3) is 0.652. The number of anilines is 1. The predicted octanol–water partition coefficient (Wildman–Crippen LogP) is 4.45. The first-order chi connectivity index (χ1) is 14.1. The van der Waals surface area contributed by atoms with Gasteiger partial charge in [-0.25, -0.2) is 9.59 Å². The molecule has 0 spiro atoms. The number of amides is 1. The number of nitrogens with one attached hydrogen (secondary N) is 1. The molecule has 2 rings (SSSR count). The number of esters is 1. The molecule has 0 saturated heterocycles. The van der Waals surface area contributed by atoms with Crippen LogP contribution in [0, 0.1) is 6.92 Å². The first kappa shape index (κ1) is 23.8. The molecule has 0 radical (unpaired) electrons. The van der Waals surface area contributed by atoms with Crippen molar-refractivity contribution in [1.82, 2.24) is 5.32 Å². The molecule has 1 aliphatic rings. The molecule has 1 amide bonds. The van der Waals surface area contributed by atoms with Gasteiger partial charge in [0.2, 0.25) is 0 Å². The summed E-state index contributed by atoms with van der Waals surface area (Å²) >= 11 is 0. The number of alkyl carbamates (subject to hydrolysis) is 1. The maximum absolute atomic E-state index is 12.2. The van der Waals surface area contributed by atoms with Gasteiger partial charge in [0, 0.05) is 30.4 Å². The highest BCUT2D eigenvalue weighted by molar-refractivity contribution is 5.93. The highest BCUT2D eigenvalue weighted by atomic mass is 16.6. The molecule has 0 atom stereocenters. The van der Waals surface area contributed by atoms with E-state index >= 15 is 0 Å². The molecule has 0 bridgehead atoms. The van der Waals surface area contributed by atoms with Crippen molar-refractivity contribution in [2.75, 3.05) is 25.7 Å². The summed E-state index contributed by atoms with van der Waals surface area (Å²) in [5.41, 5.74) is 1.89. The molecule has 0 unspecified atom stereocenters. The minimum Gasteiger partial charge on any atom is -0.497 e. The molecule has 168 valence electrons. The third kappa shape index (κ3) is 6.03. The van der Waals surface area contributed by atoms with Gasteiger partial charge in [0.1, 0.15) is 11.4 Å². The van der Waals surface area contributed by atoms with Crippen molar-refractivity contribution in [2.24, 2.45) is 0 Å². The number of benzene rings is 1. The number of carbonyl (C=O) groups is 2. The van der Waals surface area contributed by atoms with Gasteiger partial charge in [-0.3, -0.25) is 0 Å². The van der Waals surface area contributed by atoms with Crippen LogP contribution in [0.5, 0.6) is 5.75 Å². The van der Waals surface area contributed by atoms with E-state index in [0.717, 1.165) is 43.5 Å². The zero-order valence-corrected chi connectivity index (χ0v) is 19.3. The molecule has 1 aromatic rings. The van der Waals surface area contributed by atoms with Crippen molar-refractivity contribution in [2.45, 2.75) is 78.0 Å². The summed E-state index contributed by atoms with van der Waals surface area (Å²) in [6.07, 6.45) is 3.29. The number of nitrogens with zero attached hydrogens (tertiary/aromatic N) is 1. The lowest BCUT2D eigenvalue weighted by Crippen LogP contribution is -2.45. The molecule has 0 heterocycles. The Morgan fingerprint density at radius 1 is 1.13 bits per heavy atom. The zero-order valence-electron chi connectivity index (χ0n) is 19.3. The van der Waals surface area contributed by atoms with E-state index < -0.39 is 5.60 Å². The van der Waals surface area contributed by atoms with E-state index in [0.29, 0.717) is 17.4 Å². The van der Waals surface area contributed by atoms with Crippen LogP contribution >= 0.6 is 0 Å². The maximum atomic E-state index is 12.2. The van der Waals surface area contributed by atoms with Crippen LogP contribution in [0.4, 0.5) is 10.5 Å². The highest BCUT2D eigenvalue weighted by Crippen LogP contribution is 2.34. The van der Waals surface area contributed by atoms with E-state index in [-0.39, 0.29) is 18.1 Å². The van der Waals surface area contributed by atoms with Crippen LogP contribution < -0.4 is 15.0 Å². The van der Waals surface area contributed by atoms with E-state index in [1.54, 1.807) is 13.2 Å². The molecule has 1 fully saturated rings. The molecule has 0 aliphatic heterocycles. The lowest BCUT2D eigenvalue weighted by molar-refractivity contribution is 0.0490. The summed E-state index contributed by atoms with van der Waals surface area (Å²) in [6.45, 7) is 10.5. The second-order valence-corrected chi connectivity index (χ2v) is 8.75. The Labute approximate surface area is 180 Å². The third-order valence-corrected chi connectivity index (χ3v) is 5.50. The average molecular weight is 421 g/mol. The van der Waals surface area contributed by atoms with Crippen LogP contribution in [0.2, 0.25) is 0 Å². The third-order valence-electron chi connectivity index (χ3n) is 5.50. The van der Waals surface area contributed by atoms with Crippen LogP contribution in [0.3, 0.4) is 0 Å². The summed E-state index contributed by atoms with van der Waals surface area (Å²) in [4.78, 5) is 26.6. The summed E-state index contributed by atoms with van der Waals surface area (Å²) in [7, 11) is 2.98. The van der Waals surface area contributed by atoms with Gasteiger partial charge < -0.3 is 24.4 Å².